The van der Waals surface area contributed by atoms with E-state index in [0.29, 0.717) is 18.5 Å². The number of hydrogen-bond acceptors (Lipinski definition) is 4. The Balaban J connectivity index is 1.87. The van der Waals surface area contributed by atoms with Crippen LogP contribution in [0.5, 0.6) is 0 Å². The van der Waals surface area contributed by atoms with E-state index in [4.69, 9.17) is 4.42 Å². The van der Waals surface area contributed by atoms with Crippen LogP contribution in [0.2, 0.25) is 0 Å². The van der Waals surface area contributed by atoms with Gasteiger partial charge < -0.3 is 9.73 Å². The van der Waals surface area contributed by atoms with E-state index in [9.17, 15) is 14.9 Å². The molecule has 0 unspecified atom stereocenters. The SMILES string of the molecule is O=C(Cc1ccccc1[N+](=O)[O-])NCCc1ccco1. The molecule has 0 aliphatic heterocycles. The third-order valence-electron chi connectivity index (χ3n) is 2.81. The summed E-state index contributed by atoms with van der Waals surface area (Å²) in [5, 5.41) is 13.5. The lowest BCUT2D eigenvalue weighted by Crippen LogP contribution is -2.27. The van der Waals surface area contributed by atoms with Crippen molar-refractivity contribution in [2.75, 3.05) is 6.54 Å². The fourth-order valence-electron chi connectivity index (χ4n) is 1.85. The van der Waals surface area contributed by atoms with Crippen molar-refractivity contribution in [3.05, 3.63) is 64.1 Å². The smallest absolute Gasteiger partial charge is 0.273 e. The van der Waals surface area contributed by atoms with Crippen molar-refractivity contribution in [3.63, 3.8) is 0 Å². The minimum absolute atomic E-state index is 0.00465. The number of carbonyl (C=O) groups is 1. The zero-order valence-electron chi connectivity index (χ0n) is 10.7. The molecular formula is C14H14N2O4. The second-order valence-corrected chi connectivity index (χ2v) is 4.24. The van der Waals surface area contributed by atoms with E-state index in [-0.39, 0.29) is 18.0 Å². The topological polar surface area (TPSA) is 85.4 Å². The van der Waals surface area contributed by atoms with Crippen molar-refractivity contribution in [1.29, 1.82) is 0 Å². The van der Waals surface area contributed by atoms with Crippen molar-refractivity contribution < 1.29 is 14.1 Å². The van der Waals surface area contributed by atoms with Gasteiger partial charge in [0.05, 0.1) is 17.6 Å². The van der Waals surface area contributed by atoms with Gasteiger partial charge in [-0.05, 0) is 12.1 Å². The van der Waals surface area contributed by atoms with E-state index in [1.807, 2.05) is 6.07 Å². The first kappa shape index (κ1) is 13.8. The summed E-state index contributed by atoms with van der Waals surface area (Å²) >= 11 is 0. The Morgan fingerprint density at radius 2 is 2.05 bits per heavy atom. The molecule has 0 bridgehead atoms. The molecule has 1 aromatic heterocycles. The average Bonchev–Trinajstić information content (AvgIpc) is 2.92. The molecule has 104 valence electrons. The first-order chi connectivity index (χ1) is 9.66. The van der Waals surface area contributed by atoms with Gasteiger partial charge in [0, 0.05) is 24.6 Å². The van der Waals surface area contributed by atoms with E-state index < -0.39 is 4.92 Å². The average molecular weight is 274 g/mol. The molecule has 6 heteroatoms. The summed E-state index contributed by atoms with van der Waals surface area (Å²) in [5.74, 6) is 0.543. The highest BCUT2D eigenvalue weighted by Crippen LogP contribution is 2.17. The predicted octanol–water partition coefficient (Wildman–Crippen LogP) is 2.09. The summed E-state index contributed by atoms with van der Waals surface area (Å²) in [6.07, 6.45) is 2.16. The highest BCUT2D eigenvalue weighted by molar-refractivity contribution is 5.79. The number of nitro groups is 1. The van der Waals surface area contributed by atoms with Gasteiger partial charge in [0.1, 0.15) is 5.76 Å². The number of nitrogens with one attached hydrogen (secondary N) is 1. The minimum Gasteiger partial charge on any atom is -0.469 e. The number of carbonyl (C=O) groups excluding carboxylic acids is 1. The first-order valence-electron chi connectivity index (χ1n) is 6.18. The van der Waals surface area contributed by atoms with Gasteiger partial charge in [0.2, 0.25) is 5.91 Å². The summed E-state index contributed by atoms with van der Waals surface area (Å²) in [6, 6.07) is 9.85. The maximum absolute atomic E-state index is 11.8. The molecule has 0 spiro atoms. The molecule has 20 heavy (non-hydrogen) atoms. The lowest BCUT2D eigenvalue weighted by atomic mass is 10.1. The Bertz CT molecular complexity index is 593. The molecule has 0 fully saturated rings. The molecule has 6 nitrogen and oxygen atoms in total. The molecule has 2 rings (SSSR count). The van der Waals surface area contributed by atoms with Gasteiger partial charge in [-0.2, -0.15) is 0 Å². The molecule has 0 radical (unpaired) electrons. The van der Waals surface area contributed by atoms with Crippen LogP contribution in [0.1, 0.15) is 11.3 Å². The lowest BCUT2D eigenvalue weighted by Gasteiger charge is -2.04. The summed E-state index contributed by atoms with van der Waals surface area (Å²) in [4.78, 5) is 22.1. The largest absolute Gasteiger partial charge is 0.469 e. The van der Waals surface area contributed by atoms with Crippen LogP contribution in [0.15, 0.2) is 47.1 Å². The van der Waals surface area contributed by atoms with Crippen LogP contribution in [0.25, 0.3) is 0 Å². The third kappa shape index (κ3) is 3.68. The first-order valence-corrected chi connectivity index (χ1v) is 6.18. The van der Waals surface area contributed by atoms with Crippen molar-refractivity contribution in [2.45, 2.75) is 12.8 Å². The summed E-state index contributed by atoms with van der Waals surface area (Å²) in [7, 11) is 0. The zero-order chi connectivity index (χ0) is 14.4. The van der Waals surface area contributed by atoms with Gasteiger partial charge in [-0.25, -0.2) is 0 Å². The van der Waals surface area contributed by atoms with Crippen LogP contribution in [-0.4, -0.2) is 17.4 Å². The van der Waals surface area contributed by atoms with E-state index >= 15 is 0 Å². The fourth-order valence-corrected chi connectivity index (χ4v) is 1.85. The van der Waals surface area contributed by atoms with E-state index in [0.717, 1.165) is 5.76 Å². The molecule has 0 atom stereocenters. The van der Waals surface area contributed by atoms with Gasteiger partial charge in [-0.3, -0.25) is 14.9 Å². The Kier molecular flexibility index (Phi) is 4.49. The molecular weight excluding hydrogens is 260 g/mol. The Hall–Kier alpha value is -2.63. The maximum Gasteiger partial charge on any atom is 0.273 e. The maximum atomic E-state index is 11.8. The quantitative estimate of drug-likeness (QED) is 0.645. The van der Waals surface area contributed by atoms with Gasteiger partial charge in [0.25, 0.3) is 5.69 Å². The normalized spacial score (nSPS) is 10.2. The predicted molar refractivity (Wildman–Crippen MR) is 72.2 cm³/mol. The second-order valence-electron chi connectivity index (χ2n) is 4.24. The number of para-hydroxylation sites is 1. The molecule has 2 aromatic rings. The summed E-state index contributed by atoms with van der Waals surface area (Å²) in [5.41, 5.74) is 0.377. The van der Waals surface area contributed by atoms with Crippen molar-refractivity contribution in [1.82, 2.24) is 5.32 Å². The fraction of sp³-hybridized carbons (Fsp3) is 0.214. The number of nitro benzene ring substituents is 1. The van der Waals surface area contributed by atoms with Crippen LogP contribution < -0.4 is 5.32 Å². The van der Waals surface area contributed by atoms with Crippen LogP contribution in [0.3, 0.4) is 0 Å². The number of hydrogen-bond donors (Lipinski definition) is 1. The highest BCUT2D eigenvalue weighted by atomic mass is 16.6. The second kappa shape index (κ2) is 6.51. The molecule has 0 saturated carbocycles. The number of amides is 1. The molecule has 1 amide bonds. The Morgan fingerprint density at radius 1 is 1.25 bits per heavy atom. The monoisotopic (exact) mass is 274 g/mol. The molecule has 1 aromatic carbocycles. The standard InChI is InChI=1S/C14H14N2O4/c17-14(15-8-7-12-5-3-9-20-12)10-11-4-1-2-6-13(11)16(18)19/h1-6,9H,7-8,10H2,(H,15,17). The lowest BCUT2D eigenvalue weighted by molar-refractivity contribution is -0.385. The molecule has 1 N–H and O–H groups in total. The minimum atomic E-state index is -0.481. The summed E-state index contributed by atoms with van der Waals surface area (Å²) in [6.45, 7) is 0.437. The molecule has 0 saturated heterocycles. The van der Waals surface area contributed by atoms with E-state index in [1.165, 1.54) is 6.07 Å². The van der Waals surface area contributed by atoms with Crippen LogP contribution >= 0.6 is 0 Å². The number of furan rings is 1. The number of rotatable bonds is 6. The highest BCUT2D eigenvalue weighted by Gasteiger charge is 2.15. The molecule has 1 heterocycles. The van der Waals surface area contributed by atoms with Gasteiger partial charge in [-0.15, -0.1) is 0 Å². The van der Waals surface area contributed by atoms with Gasteiger partial charge >= 0.3 is 0 Å². The van der Waals surface area contributed by atoms with Crippen molar-refractivity contribution in [2.24, 2.45) is 0 Å². The molecule has 0 aliphatic carbocycles. The van der Waals surface area contributed by atoms with Gasteiger partial charge in [0.15, 0.2) is 0 Å². The van der Waals surface area contributed by atoms with Crippen LogP contribution in [0, 0.1) is 10.1 Å². The molecule has 0 aliphatic rings. The number of nitrogens with zero attached hydrogens (tertiary/aromatic N) is 1. The zero-order valence-corrected chi connectivity index (χ0v) is 10.7. The van der Waals surface area contributed by atoms with Gasteiger partial charge in [-0.1, -0.05) is 18.2 Å². The Labute approximate surface area is 115 Å². The van der Waals surface area contributed by atoms with Crippen molar-refractivity contribution >= 4 is 11.6 Å². The van der Waals surface area contributed by atoms with Crippen molar-refractivity contribution in [3.8, 4) is 0 Å². The van der Waals surface area contributed by atoms with Crippen LogP contribution in [0.4, 0.5) is 5.69 Å². The number of benzene rings is 1. The van der Waals surface area contributed by atoms with E-state index in [2.05, 4.69) is 5.32 Å². The van der Waals surface area contributed by atoms with E-state index in [1.54, 1.807) is 30.5 Å². The van der Waals surface area contributed by atoms with Crippen LogP contribution in [-0.2, 0) is 17.6 Å². The third-order valence-corrected chi connectivity index (χ3v) is 2.81. The Morgan fingerprint density at radius 3 is 2.75 bits per heavy atom. The summed E-state index contributed by atoms with van der Waals surface area (Å²) < 4.78 is 5.14.